The van der Waals surface area contributed by atoms with Gasteiger partial charge in [0.1, 0.15) is 0 Å². The van der Waals surface area contributed by atoms with Gasteiger partial charge >= 0.3 is 0 Å². The zero-order chi connectivity index (χ0) is 13.4. The lowest BCUT2D eigenvalue weighted by molar-refractivity contribution is 1.07. The van der Waals surface area contributed by atoms with Crippen molar-refractivity contribution in [3.8, 4) is 11.3 Å². The maximum absolute atomic E-state index is 11.5. The van der Waals surface area contributed by atoms with E-state index in [9.17, 15) is 4.79 Å². The number of halogens is 1. The van der Waals surface area contributed by atoms with Crippen molar-refractivity contribution in [1.29, 1.82) is 0 Å². The first-order chi connectivity index (χ1) is 9.16. The molecule has 0 amide bonds. The van der Waals surface area contributed by atoms with Gasteiger partial charge in [0.2, 0.25) is 0 Å². The average Bonchev–Trinajstić information content (AvgIpc) is 2.44. The van der Waals surface area contributed by atoms with Gasteiger partial charge in [-0.1, -0.05) is 18.2 Å². The first kappa shape index (κ1) is 12.0. The predicted octanol–water partition coefficient (Wildman–Crippen LogP) is 3.06. The molecule has 2 aromatic heterocycles. The summed E-state index contributed by atoms with van der Waals surface area (Å²) in [6, 6.07) is 9.77. The number of aromatic nitrogens is 3. The third kappa shape index (κ3) is 2.06. The molecule has 3 rings (SSSR count). The summed E-state index contributed by atoms with van der Waals surface area (Å²) in [4.78, 5) is 14.2. The van der Waals surface area contributed by atoms with Gasteiger partial charge in [0.15, 0.2) is 0 Å². The molecule has 0 radical (unpaired) electrons. The van der Waals surface area contributed by atoms with E-state index in [2.05, 4.69) is 31.1 Å². The molecule has 0 aliphatic rings. The van der Waals surface area contributed by atoms with Gasteiger partial charge in [-0.2, -0.15) is 0 Å². The Labute approximate surface area is 117 Å². The number of rotatable bonds is 1. The minimum Gasteiger partial charge on any atom is -0.327 e. The maximum Gasteiger partial charge on any atom is 0.262 e. The molecule has 4 nitrogen and oxygen atoms in total. The molecule has 0 fully saturated rings. The number of hydrogen-bond acceptors (Lipinski definition) is 3. The summed E-state index contributed by atoms with van der Waals surface area (Å²) in [6.07, 6.45) is 1.67. The van der Waals surface area contributed by atoms with Crippen molar-refractivity contribution in [3.05, 3.63) is 56.9 Å². The lowest BCUT2D eigenvalue weighted by atomic mass is 10.1. The normalized spacial score (nSPS) is 10.8. The standard InChI is InChI=1S/C14H10BrN3O/c1-8-10(7-16-14(19)13(8)15)12-6-9-4-2-3-5-11(9)17-18-12/h2-7H,1H3,(H,16,19). The minimum atomic E-state index is -0.144. The topological polar surface area (TPSA) is 58.6 Å². The number of H-pyrrole nitrogens is 1. The van der Waals surface area contributed by atoms with Gasteiger partial charge < -0.3 is 4.98 Å². The zero-order valence-corrected chi connectivity index (χ0v) is 11.7. The highest BCUT2D eigenvalue weighted by Crippen LogP contribution is 2.25. The molecule has 19 heavy (non-hydrogen) atoms. The van der Waals surface area contributed by atoms with Gasteiger partial charge in [-0.05, 0) is 40.5 Å². The SMILES string of the molecule is Cc1c(-c2cc3ccccc3nn2)c[nH]c(=O)c1Br. The van der Waals surface area contributed by atoms with Crippen LogP contribution in [-0.2, 0) is 0 Å². The molecule has 0 spiro atoms. The number of fused-ring (bicyclic) bond motifs is 1. The molecule has 2 heterocycles. The van der Waals surface area contributed by atoms with Crippen LogP contribution in [0.1, 0.15) is 5.56 Å². The second kappa shape index (κ2) is 4.59. The highest BCUT2D eigenvalue weighted by molar-refractivity contribution is 9.10. The van der Waals surface area contributed by atoms with E-state index >= 15 is 0 Å². The highest BCUT2D eigenvalue weighted by Gasteiger charge is 2.10. The van der Waals surface area contributed by atoms with Crippen LogP contribution in [-0.4, -0.2) is 15.2 Å². The molecular weight excluding hydrogens is 306 g/mol. The van der Waals surface area contributed by atoms with Crippen molar-refractivity contribution in [2.75, 3.05) is 0 Å². The predicted molar refractivity (Wildman–Crippen MR) is 78.0 cm³/mol. The fourth-order valence-electron chi connectivity index (χ4n) is 1.98. The number of hydrogen-bond donors (Lipinski definition) is 1. The van der Waals surface area contributed by atoms with E-state index in [-0.39, 0.29) is 5.56 Å². The molecular formula is C14H10BrN3O. The van der Waals surface area contributed by atoms with Crippen molar-refractivity contribution in [3.63, 3.8) is 0 Å². The summed E-state index contributed by atoms with van der Waals surface area (Å²) in [5.41, 5.74) is 3.17. The van der Waals surface area contributed by atoms with Gasteiger partial charge in [0.05, 0.1) is 15.7 Å². The van der Waals surface area contributed by atoms with Crippen LogP contribution < -0.4 is 5.56 Å². The lowest BCUT2D eigenvalue weighted by Gasteiger charge is -2.06. The first-order valence-corrected chi connectivity index (χ1v) is 6.57. The smallest absolute Gasteiger partial charge is 0.262 e. The minimum absolute atomic E-state index is 0.144. The first-order valence-electron chi connectivity index (χ1n) is 5.77. The maximum atomic E-state index is 11.5. The lowest BCUT2D eigenvalue weighted by Crippen LogP contribution is -2.08. The molecule has 0 saturated carbocycles. The van der Waals surface area contributed by atoms with E-state index in [1.165, 1.54) is 0 Å². The monoisotopic (exact) mass is 315 g/mol. The Kier molecular flexibility index (Phi) is 2.91. The van der Waals surface area contributed by atoms with Crippen molar-refractivity contribution in [1.82, 2.24) is 15.2 Å². The van der Waals surface area contributed by atoms with Crippen LogP contribution in [0.5, 0.6) is 0 Å². The summed E-state index contributed by atoms with van der Waals surface area (Å²) >= 11 is 3.29. The summed E-state index contributed by atoms with van der Waals surface area (Å²) < 4.78 is 0.528. The summed E-state index contributed by atoms with van der Waals surface area (Å²) in [6.45, 7) is 1.88. The molecule has 0 unspecified atom stereocenters. The number of nitrogens with zero attached hydrogens (tertiary/aromatic N) is 2. The highest BCUT2D eigenvalue weighted by atomic mass is 79.9. The van der Waals surface area contributed by atoms with Crippen molar-refractivity contribution < 1.29 is 0 Å². The quantitative estimate of drug-likeness (QED) is 0.750. The molecule has 0 bridgehead atoms. The Morgan fingerprint density at radius 3 is 2.84 bits per heavy atom. The van der Waals surface area contributed by atoms with Crippen LogP contribution in [0.25, 0.3) is 22.2 Å². The van der Waals surface area contributed by atoms with Gasteiger partial charge in [-0.3, -0.25) is 4.79 Å². The fourth-order valence-corrected chi connectivity index (χ4v) is 2.31. The molecule has 5 heteroatoms. The second-order valence-corrected chi connectivity index (χ2v) is 5.05. The molecule has 0 atom stereocenters. The van der Waals surface area contributed by atoms with Gasteiger partial charge in [-0.15, -0.1) is 10.2 Å². The number of aromatic amines is 1. The molecule has 1 aromatic carbocycles. The largest absolute Gasteiger partial charge is 0.327 e. The van der Waals surface area contributed by atoms with Gasteiger partial charge in [-0.25, -0.2) is 0 Å². The Hall–Kier alpha value is -2.01. The van der Waals surface area contributed by atoms with Crippen LogP contribution in [0.2, 0.25) is 0 Å². The molecule has 0 aliphatic carbocycles. The molecule has 1 N–H and O–H groups in total. The van der Waals surface area contributed by atoms with Crippen molar-refractivity contribution in [2.24, 2.45) is 0 Å². The van der Waals surface area contributed by atoms with Crippen LogP contribution in [0, 0.1) is 6.92 Å². The van der Waals surface area contributed by atoms with Crippen molar-refractivity contribution >= 4 is 26.8 Å². The molecule has 3 aromatic rings. The van der Waals surface area contributed by atoms with Gasteiger partial charge in [0, 0.05) is 17.1 Å². The van der Waals surface area contributed by atoms with E-state index in [4.69, 9.17) is 0 Å². The van der Waals surface area contributed by atoms with E-state index < -0.39 is 0 Å². The Morgan fingerprint density at radius 1 is 1.21 bits per heavy atom. The van der Waals surface area contributed by atoms with Crippen LogP contribution in [0.3, 0.4) is 0 Å². The summed E-state index contributed by atoms with van der Waals surface area (Å²) in [7, 11) is 0. The Bertz CT molecular complexity index is 826. The fraction of sp³-hybridized carbons (Fsp3) is 0.0714. The van der Waals surface area contributed by atoms with Crippen LogP contribution in [0.4, 0.5) is 0 Å². The second-order valence-electron chi connectivity index (χ2n) is 4.26. The third-order valence-electron chi connectivity index (χ3n) is 3.05. The van der Waals surface area contributed by atoms with Crippen molar-refractivity contribution in [2.45, 2.75) is 6.92 Å². The molecule has 0 aliphatic heterocycles. The Balaban J connectivity index is 2.25. The van der Waals surface area contributed by atoms with Crippen LogP contribution >= 0.6 is 15.9 Å². The van der Waals surface area contributed by atoms with E-state index in [1.54, 1.807) is 6.20 Å². The molecule has 0 saturated heterocycles. The average molecular weight is 316 g/mol. The third-order valence-corrected chi connectivity index (χ3v) is 4.01. The number of nitrogens with one attached hydrogen (secondary N) is 1. The Morgan fingerprint density at radius 2 is 2.00 bits per heavy atom. The summed E-state index contributed by atoms with van der Waals surface area (Å²) in [5, 5.41) is 9.43. The van der Waals surface area contributed by atoms with Crippen LogP contribution in [0.15, 0.2) is 45.8 Å². The van der Waals surface area contributed by atoms with E-state index in [1.807, 2.05) is 37.3 Å². The zero-order valence-electron chi connectivity index (χ0n) is 10.1. The number of pyridine rings is 1. The number of benzene rings is 1. The molecule has 94 valence electrons. The van der Waals surface area contributed by atoms with E-state index in [0.717, 1.165) is 27.7 Å². The summed E-state index contributed by atoms with van der Waals surface area (Å²) in [5.74, 6) is 0. The van der Waals surface area contributed by atoms with Gasteiger partial charge in [0.25, 0.3) is 5.56 Å². The van der Waals surface area contributed by atoms with E-state index in [0.29, 0.717) is 4.47 Å².